The van der Waals surface area contributed by atoms with Crippen molar-refractivity contribution in [3.05, 3.63) is 82.6 Å². The molecule has 0 bridgehead atoms. The number of rotatable bonds is 4. The second kappa shape index (κ2) is 8.98. The molecule has 0 radical (unpaired) electrons. The van der Waals surface area contributed by atoms with Gasteiger partial charge in [-0.05, 0) is 73.5 Å². The van der Waals surface area contributed by atoms with Crippen LogP contribution in [0.1, 0.15) is 23.6 Å². The van der Waals surface area contributed by atoms with Crippen molar-refractivity contribution >= 4 is 129 Å². The van der Waals surface area contributed by atoms with Gasteiger partial charge in [0.15, 0.2) is 0 Å². The summed E-state index contributed by atoms with van der Waals surface area (Å²) in [6, 6.07) is 23.5. The van der Waals surface area contributed by atoms with E-state index in [4.69, 9.17) is 0 Å². The fraction of sp³-hybridized carbons (Fsp3) is 0.0625. The topological polar surface area (TPSA) is 0 Å². The summed E-state index contributed by atoms with van der Waals surface area (Å²) in [4.78, 5) is 5.39. The van der Waals surface area contributed by atoms with Gasteiger partial charge >= 0.3 is 0 Å². The van der Waals surface area contributed by atoms with Gasteiger partial charge in [-0.25, -0.2) is 0 Å². The lowest BCUT2D eigenvalue weighted by molar-refractivity contribution is 1.79. The van der Waals surface area contributed by atoms with Gasteiger partial charge in [0.25, 0.3) is 0 Å². The van der Waals surface area contributed by atoms with Crippen LogP contribution in [0, 0.1) is 0 Å². The third kappa shape index (κ3) is 3.70. The molecule has 0 unspecified atom stereocenters. The average molecular weight is 597 g/mol. The number of hydrogen-bond acceptors (Lipinski definition) is 6. The van der Waals surface area contributed by atoms with Crippen molar-refractivity contribution in [3.8, 4) is 20.9 Å². The summed E-state index contributed by atoms with van der Waals surface area (Å²) in [7, 11) is 0. The molecule has 0 saturated heterocycles. The summed E-state index contributed by atoms with van der Waals surface area (Å²) in [6.45, 7) is 4.16. The van der Waals surface area contributed by atoms with Crippen LogP contribution in [-0.4, -0.2) is 0 Å². The second-order valence-corrected chi connectivity index (χ2v) is 15.8. The molecule has 2 aromatic carbocycles. The van der Waals surface area contributed by atoms with Crippen molar-refractivity contribution in [2.45, 2.75) is 13.8 Å². The zero-order chi connectivity index (χ0) is 25.4. The first-order valence-electron chi connectivity index (χ1n) is 12.4. The minimum atomic E-state index is 1.33. The van der Waals surface area contributed by atoms with Crippen LogP contribution in [0.25, 0.3) is 81.4 Å². The van der Waals surface area contributed by atoms with Crippen LogP contribution in [0.5, 0.6) is 0 Å². The lowest BCUT2D eigenvalue weighted by Crippen LogP contribution is -1.71. The molecule has 0 fully saturated rings. The summed E-state index contributed by atoms with van der Waals surface area (Å²) in [5.74, 6) is 0. The van der Waals surface area contributed by atoms with Crippen LogP contribution >= 0.6 is 68.0 Å². The first-order valence-corrected chi connectivity index (χ1v) is 17.3. The first kappa shape index (κ1) is 23.3. The Bertz CT molecular complexity index is 1990. The smallest absolute Gasteiger partial charge is 0.0542 e. The van der Waals surface area contributed by atoms with E-state index in [1.165, 1.54) is 79.0 Å². The molecule has 184 valence electrons. The fourth-order valence-corrected chi connectivity index (χ4v) is 12.5. The van der Waals surface area contributed by atoms with E-state index in [9.17, 15) is 0 Å². The van der Waals surface area contributed by atoms with Gasteiger partial charge in [-0.1, -0.05) is 36.4 Å². The van der Waals surface area contributed by atoms with E-state index in [1.54, 1.807) is 0 Å². The van der Waals surface area contributed by atoms with Crippen LogP contribution in [0.2, 0.25) is 0 Å². The Hall–Kier alpha value is -2.58. The second-order valence-electron chi connectivity index (χ2n) is 9.26. The number of fused-ring (bicyclic) bond motifs is 7. The van der Waals surface area contributed by atoms with E-state index in [1.807, 2.05) is 68.0 Å². The first-order chi connectivity index (χ1) is 18.7. The van der Waals surface area contributed by atoms with Gasteiger partial charge in [-0.2, -0.15) is 0 Å². The predicted octanol–water partition coefficient (Wildman–Crippen LogP) is 13.2. The predicted molar refractivity (Wildman–Crippen MR) is 182 cm³/mol. The highest BCUT2D eigenvalue weighted by atomic mass is 32.1. The molecule has 0 saturated carbocycles. The highest BCUT2D eigenvalue weighted by Gasteiger charge is 2.16. The summed E-state index contributed by atoms with van der Waals surface area (Å²) in [5.41, 5.74) is 2.66. The highest BCUT2D eigenvalue weighted by molar-refractivity contribution is 7.36. The Morgan fingerprint density at radius 1 is 0.447 bits per heavy atom. The van der Waals surface area contributed by atoms with Crippen molar-refractivity contribution < 1.29 is 0 Å². The molecule has 8 aromatic rings. The molecular formula is C32H20S6. The lowest BCUT2D eigenvalue weighted by atomic mass is 10.1. The Balaban J connectivity index is 1.17. The summed E-state index contributed by atoms with van der Waals surface area (Å²) >= 11 is 11.5. The molecule has 38 heavy (non-hydrogen) atoms. The number of hydrogen-bond donors (Lipinski definition) is 0. The third-order valence-corrected chi connectivity index (χ3v) is 13.9. The van der Waals surface area contributed by atoms with Crippen molar-refractivity contribution in [3.63, 3.8) is 0 Å². The largest absolute Gasteiger partial charge is 0.135 e. The van der Waals surface area contributed by atoms with E-state index in [0.717, 1.165) is 0 Å². The zero-order valence-corrected chi connectivity index (χ0v) is 25.4. The van der Waals surface area contributed by atoms with Crippen molar-refractivity contribution in [2.75, 3.05) is 0 Å². The molecular weight excluding hydrogens is 577 g/mol. The van der Waals surface area contributed by atoms with Crippen LogP contribution < -0.4 is 0 Å². The standard InChI is InChI=1S/C32H20S6/c1-3-5-19-13-27-29(33-19)15-23(35-27)17-7-9-21-25(11-17)37-32-22-10-8-18(12-26(22)38-31(21)32)24-16-30-28(36-24)14-20(34-30)6-4-2/h3-16H,1-2H3. The molecule has 6 aromatic heterocycles. The molecule has 6 heterocycles. The maximum Gasteiger partial charge on any atom is 0.0542 e. The third-order valence-electron chi connectivity index (χ3n) is 6.77. The fourth-order valence-electron chi connectivity index (χ4n) is 5.05. The molecule has 8 rings (SSSR count). The Morgan fingerprint density at radius 2 is 0.895 bits per heavy atom. The van der Waals surface area contributed by atoms with Gasteiger partial charge in [0.1, 0.15) is 0 Å². The molecule has 0 aliphatic rings. The molecule has 6 heteroatoms. The van der Waals surface area contributed by atoms with Gasteiger partial charge in [0.2, 0.25) is 0 Å². The zero-order valence-electron chi connectivity index (χ0n) is 20.5. The Labute approximate surface area is 244 Å². The quantitative estimate of drug-likeness (QED) is 0.190. The minimum Gasteiger partial charge on any atom is -0.135 e. The van der Waals surface area contributed by atoms with Crippen molar-refractivity contribution in [1.29, 1.82) is 0 Å². The lowest BCUT2D eigenvalue weighted by Gasteiger charge is -1.99. The van der Waals surface area contributed by atoms with E-state index in [0.29, 0.717) is 0 Å². The highest BCUT2D eigenvalue weighted by Crippen LogP contribution is 2.48. The van der Waals surface area contributed by atoms with E-state index < -0.39 is 0 Å². The van der Waals surface area contributed by atoms with Gasteiger partial charge in [-0.15, -0.1) is 68.0 Å². The summed E-state index contributed by atoms with van der Waals surface area (Å²) in [6.07, 6.45) is 8.61. The average Bonchev–Trinajstić information content (AvgIpc) is 3.71. The SMILES string of the molecule is CC=Cc1cc2sc(-c3ccc4c(c3)sc3c5ccc(-c6cc7sc(C=CC)cc7s6)cc5sc43)cc2s1. The van der Waals surface area contributed by atoms with E-state index in [-0.39, 0.29) is 0 Å². The maximum atomic E-state index is 2.40. The molecule has 0 atom stereocenters. The van der Waals surface area contributed by atoms with Crippen LogP contribution in [-0.2, 0) is 0 Å². The molecule has 0 aliphatic heterocycles. The van der Waals surface area contributed by atoms with Crippen LogP contribution in [0.15, 0.2) is 72.8 Å². The van der Waals surface area contributed by atoms with E-state index >= 15 is 0 Å². The molecule has 0 spiro atoms. The molecule has 0 amide bonds. The molecule has 0 N–H and O–H groups in total. The normalized spacial score (nSPS) is 12.8. The minimum absolute atomic E-state index is 1.33. The molecule has 0 nitrogen and oxygen atoms in total. The Morgan fingerprint density at radius 3 is 1.32 bits per heavy atom. The van der Waals surface area contributed by atoms with Crippen LogP contribution in [0.4, 0.5) is 0 Å². The summed E-state index contributed by atoms with van der Waals surface area (Å²) in [5, 5.41) is 2.77. The van der Waals surface area contributed by atoms with Gasteiger partial charge in [-0.3, -0.25) is 0 Å². The maximum absolute atomic E-state index is 2.40. The van der Waals surface area contributed by atoms with Gasteiger partial charge in [0.05, 0.1) is 9.40 Å². The molecule has 0 aliphatic carbocycles. The van der Waals surface area contributed by atoms with Gasteiger partial charge < -0.3 is 0 Å². The monoisotopic (exact) mass is 596 g/mol. The van der Waals surface area contributed by atoms with Crippen molar-refractivity contribution in [2.24, 2.45) is 0 Å². The number of thiophene rings is 6. The Kier molecular flexibility index (Phi) is 5.51. The van der Waals surface area contributed by atoms with Crippen LogP contribution in [0.3, 0.4) is 0 Å². The van der Waals surface area contributed by atoms with E-state index in [2.05, 4.69) is 98.8 Å². The number of allylic oxidation sites excluding steroid dienone is 2. The van der Waals surface area contributed by atoms with Crippen molar-refractivity contribution in [1.82, 2.24) is 0 Å². The van der Waals surface area contributed by atoms with Gasteiger partial charge in [0, 0.05) is 58.5 Å². The number of benzene rings is 2. The summed E-state index contributed by atoms with van der Waals surface area (Å²) < 4.78 is 11.2.